The van der Waals surface area contributed by atoms with Crippen molar-refractivity contribution in [1.29, 1.82) is 0 Å². The largest absolute Gasteiger partial charge is 0.363 e. The van der Waals surface area contributed by atoms with Gasteiger partial charge in [0.1, 0.15) is 18.0 Å². The van der Waals surface area contributed by atoms with E-state index in [1.807, 2.05) is 0 Å². The highest BCUT2D eigenvalue weighted by Gasteiger charge is 2.15. The molecule has 1 aromatic carbocycles. The molecule has 0 aliphatic rings. The molecule has 0 aliphatic carbocycles. The molecule has 1 amide bonds. The van der Waals surface area contributed by atoms with Crippen molar-refractivity contribution in [2.75, 3.05) is 7.05 Å². The Kier molecular flexibility index (Phi) is 3.45. The molecule has 0 heterocycles. The first-order valence-corrected chi connectivity index (χ1v) is 4.02. The maximum atomic E-state index is 13.0. The molecule has 0 fully saturated rings. The predicted molar refractivity (Wildman–Crippen MR) is 48.7 cm³/mol. The summed E-state index contributed by atoms with van der Waals surface area (Å²) in [5.41, 5.74) is -0.218. The zero-order valence-electron chi connectivity index (χ0n) is 7.24. The lowest BCUT2D eigenvalue weighted by Crippen LogP contribution is -1.98. The maximum Gasteiger partial charge on any atom is 0.363 e. The smallest absolute Gasteiger partial charge is 0.259 e. The summed E-state index contributed by atoms with van der Waals surface area (Å²) in [6, 6.07) is 3.62. The van der Waals surface area contributed by atoms with Gasteiger partial charge in [-0.05, 0) is 18.2 Å². The molecule has 0 bridgehead atoms. The first kappa shape index (κ1) is 10.5. The fourth-order valence-electron chi connectivity index (χ4n) is 0.801. The summed E-state index contributed by atoms with van der Waals surface area (Å²) >= 11 is 5.58. The Hall–Kier alpha value is -1.58. The summed E-state index contributed by atoms with van der Waals surface area (Å²) in [7, 11) is 1.35. The fraction of sp³-hybridized carbons (Fsp3) is 0.125. The van der Waals surface area contributed by atoms with Gasteiger partial charge < -0.3 is 0 Å². The first-order chi connectivity index (χ1) is 6.65. The summed E-state index contributed by atoms with van der Waals surface area (Å²) in [4.78, 5) is 14.3. The number of nitrogens with zero attached hydrogens (tertiary/aromatic N) is 3. The molecule has 0 saturated carbocycles. The Labute approximate surface area is 84.1 Å². The van der Waals surface area contributed by atoms with Crippen LogP contribution >= 0.6 is 11.6 Å². The molecule has 0 saturated heterocycles. The van der Waals surface area contributed by atoms with Gasteiger partial charge in [0.15, 0.2) is 0 Å². The second-order valence-electron chi connectivity index (χ2n) is 2.32. The van der Waals surface area contributed by atoms with E-state index < -0.39 is 11.7 Å². The molecule has 1 aromatic rings. The van der Waals surface area contributed by atoms with Crippen LogP contribution in [0.25, 0.3) is 0 Å². The number of benzene rings is 1. The van der Waals surface area contributed by atoms with Crippen LogP contribution in [0, 0.1) is 5.82 Å². The van der Waals surface area contributed by atoms with Gasteiger partial charge in [0.25, 0.3) is 0 Å². The molecule has 6 heteroatoms. The number of carbonyl (C=O) groups is 1. The van der Waals surface area contributed by atoms with Crippen LogP contribution in [0.4, 0.5) is 4.39 Å². The molecule has 0 aliphatic heterocycles. The van der Waals surface area contributed by atoms with Crippen molar-refractivity contribution in [2.45, 2.75) is 0 Å². The van der Waals surface area contributed by atoms with E-state index in [4.69, 9.17) is 11.6 Å². The van der Waals surface area contributed by atoms with Crippen molar-refractivity contribution in [3.05, 3.63) is 34.6 Å². The fourth-order valence-corrected chi connectivity index (χ4v) is 0.973. The van der Waals surface area contributed by atoms with Gasteiger partial charge in [-0.2, -0.15) is 0 Å². The average molecular weight is 215 g/mol. The molecule has 0 radical (unpaired) electrons. The third-order valence-electron chi connectivity index (χ3n) is 1.38. The third-order valence-corrected chi connectivity index (χ3v) is 1.62. The molecule has 4 nitrogen and oxygen atoms in total. The van der Waals surface area contributed by atoms with Gasteiger partial charge in [-0.25, -0.2) is 4.39 Å². The minimum Gasteiger partial charge on any atom is -0.259 e. The minimum absolute atomic E-state index is 0.218. The van der Waals surface area contributed by atoms with E-state index in [-0.39, 0.29) is 10.6 Å². The van der Waals surface area contributed by atoms with Gasteiger partial charge in [-0.15, -0.1) is 0 Å². The third kappa shape index (κ3) is 2.45. The number of rotatable bonds is 1. The van der Waals surface area contributed by atoms with Crippen molar-refractivity contribution in [1.82, 2.24) is 4.91 Å². The van der Waals surface area contributed by atoms with Gasteiger partial charge in [-0.3, -0.25) is 4.79 Å². The first-order valence-electron chi connectivity index (χ1n) is 3.64. The predicted octanol–water partition coefficient (Wildman–Crippen LogP) is 2.22. The number of carbonyl (C=O) groups excluding carboxylic acids is 1. The lowest BCUT2D eigenvalue weighted by molar-refractivity contribution is 0.0988. The van der Waals surface area contributed by atoms with E-state index in [1.54, 1.807) is 0 Å². The normalized spacial score (nSPS) is 9.07. The average Bonchev–Trinajstić information content (AvgIpc) is 2.18. The zero-order chi connectivity index (χ0) is 10.6. The molecule has 0 spiro atoms. The van der Waals surface area contributed by atoms with Crippen molar-refractivity contribution in [3.63, 3.8) is 0 Å². The van der Waals surface area contributed by atoms with E-state index in [9.17, 15) is 9.18 Å². The highest BCUT2D eigenvalue weighted by molar-refractivity contribution is 6.30. The van der Waals surface area contributed by atoms with Crippen molar-refractivity contribution in [3.8, 4) is 0 Å². The topological polar surface area (TPSA) is 55.9 Å². The molecule has 0 N–H and O–H groups in total. The van der Waals surface area contributed by atoms with E-state index in [2.05, 4.69) is 15.1 Å². The maximum absolute atomic E-state index is 13.0. The Balaban J connectivity index is 3.12. The van der Waals surface area contributed by atoms with E-state index in [1.165, 1.54) is 19.2 Å². The van der Waals surface area contributed by atoms with Crippen molar-refractivity contribution >= 4 is 17.5 Å². The summed E-state index contributed by atoms with van der Waals surface area (Å²) in [5.74, 6) is -1.50. The molecule has 14 heavy (non-hydrogen) atoms. The van der Waals surface area contributed by atoms with Crippen LogP contribution in [0.2, 0.25) is 5.02 Å². The summed E-state index contributed by atoms with van der Waals surface area (Å²) in [6.45, 7) is 0. The lowest BCUT2D eigenvalue weighted by Gasteiger charge is -1.94. The molecular weight excluding hydrogens is 209 g/mol. The van der Waals surface area contributed by atoms with Crippen LogP contribution in [0.15, 0.2) is 28.4 Å². The quantitative estimate of drug-likeness (QED) is 0.522. The molecule has 0 unspecified atom stereocenters. The number of hydrogen-bond donors (Lipinski definition) is 0. The van der Waals surface area contributed by atoms with Crippen molar-refractivity contribution < 1.29 is 9.18 Å². The second kappa shape index (κ2) is 4.60. The van der Waals surface area contributed by atoms with Crippen LogP contribution in [0.5, 0.6) is 0 Å². The Morgan fingerprint density at radius 3 is 2.93 bits per heavy atom. The van der Waals surface area contributed by atoms with Gasteiger partial charge in [0.05, 0.1) is 5.56 Å². The summed E-state index contributed by atoms with van der Waals surface area (Å²) in [6.07, 6.45) is 0. The highest BCUT2D eigenvalue weighted by Crippen LogP contribution is 2.15. The minimum atomic E-state index is -0.810. The van der Waals surface area contributed by atoms with E-state index in [0.717, 1.165) is 6.07 Å². The number of halogens is 2. The van der Waals surface area contributed by atoms with Crippen LogP contribution in [0.3, 0.4) is 0 Å². The second-order valence-corrected chi connectivity index (χ2v) is 2.76. The standard InChI is InChI=1S/C8H6ClFN3O/c1-11-13-12-8(14)6-4-5(9)2-3-7(6)10/h2-4H,1H3/q+1. The Morgan fingerprint density at radius 2 is 2.29 bits per heavy atom. The van der Waals surface area contributed by atoms with Crippen molar-refractivity contribution in [2.24, 2.45) is 10.2 Å². The summed E-state index contributed by atoms with van der Waals surface area (Å²) in [5, 5.41) is 6.63. The van der Waals surface area contributed by atoms with Gasteiger partial charge in [-0.1, -0.05) is 11.6 Å². The monoisotopic (exact) mass is 214 g/mol. The van der Waals surface area contributed by atoms with Crippen LogP contribution < -0.4 is 4.91 Å². The zero-order valence-corrected chi connectivity index (χ0v) is 7.99. The Bertz CT molecular complexity index is 427. The van der Waals surface area contributed by atoms with Crippen LogP contribution in [0.1, 0.15) is 10.4 Å². The van der Waals surface area contributed by atoms with Gasteiger partial charge >= 0.3 is 5.91 Å². The highest BCUT2D eigenvalue weighted by atomic mass is 35.5. The van der Waals surface area contributed by atoms with Crippen LogP contribution in [-0.2, 0) is 0 Å². The number of amides is 1. The SMILES string of the molecule is CN=[N+]=NC(=O)c1cc(Cl)ccc1F. The molecule has 1 rings (SSSR count). The molecule has 72 valence electrons. The molecule has 0 atom stereocenters. The lowest BCUT2D eigenvalue weighted by atomic mass is 10.2. The van der Waals surface area contributed by atoms with E-state index >= 15 is 0 Å². The van der Waals surface area contributed by atoms with Gasteiger partial charge in [0.2, 0.25) is 10.0 Å². The number of hydrogen-bond acceptors (Lipinski definition) is 2. The molecular formula is C8H6ClFN3O+. The molecule has 0 aromatic heterocycles. The Morgan fingerprint density at radius 1 is 1.57 bits per heavy atom. The van der Waals surface area contributed by atoms with Gasteiger partial charge in [0, 0.05) is 5.02 Å². The summed E-state index contributed by atoms with van der Waals surface area (Å²) < 4.78 is 13.0. The van der Waals surface area contributed by atoms with Crippen LogP contribution in [-0.4, -0.2) is 13.0 Å². The van der Waals surface area contributed by atoms with E-state index in [0.29, 0.717) is 0 Å².